The van der Waals surface area contributed by atoms with Gasteiger partial charge in [-0.25, -0.2) is 9.48 Å². The Morgan fingerprint density at radius 2 is 2.14 bits per heavy atom. The number of hydrogen-bond donors (Lipinski definition) is 1. The van der Waals surface area contributed by atoms with Crippen molar-refractivity contribution in [2.45, 2.75) is 17.6 Å². The zero-order chi connectivity index (χ0) is 15.3. The van der Waals surface area contributed by atoms with Gasteiger partial charge in [0.05, 0.1) is 6.61 Å². The molecule has 0 saturated heterocycles. The van der Waals surface area contributed by atoms with Gasteiger partial charge >= 0.3 is 5.97 Å². The van der Waals surface area contributed by atoms with Gasteiger partial charge in [0.15, 0.2) is 0 Å². The highest BCUT2D eigenvalue weighted by atomic mass is 32.2. The minimum atomic E-state index is -1.24. The van der Waals surface area contributed by atoms with E-state index in [0.717, 1.165) is 0 Å². The van der Waals surface area contributed by atoms with Gasteiger partial charge in [0.2, 0.25) is 5.16 Å². The molecule has 0 amide bonds. The molecule has 0 spiro atoms. The number of aryl methyl sites for hydroxylation is 1. The summed E-state index contributed by atoms with van der Waals surface area (Å²) in [5.74, 6) is -0.178. The first kappa shape index (κ1) is 15.5. The minimum absolute atomic E-state index is 0.279. The molecular formula is C13H17N5O2S. The molecule has 0 aliphatic carbocycles. The SMILES string of the molecule is CCOC(=O)C(N)(CSc1nnnn1C)c1ccccc1. The number of rotatable bonds is 6. The Hall–Kier alpha value is -1.93. The summed E-state index contributed by atoms with van der Waals surface area (Å²) in [5, 5.41) is 11.8. The molecule has 21 heavy (non-hydrogen) atoms. The van der Waals surface area contributed by atoms with Gasteiger partial charge in [-0.2, -0.15) is 0 Å². The maximum Gasteiger partial charge on any atom is 0.331 e. The Morgan fingerprint density at radius 3 is 2.71 bits per heavy atom. The van der Waals surface area contributed by atoms with Crippen LogP contribution in [0.25, 0.3) is 0 Å². The fourth-order valence-corrected chi connectivity index (χ4v) is 2.74. The Labute approximate surface area is 126 Å². The number of nitrogens with two attached hydrogens (primary N) is 1. The van der Waals surface area contributed by atoms with Crippen LogP contribution in [0, 0.1) is 0 Å². The number of hydrogen-bond acceptors (Lipinski definition) is 7. The third-order valence-corrected chi connectivity index (χ3v) is 4.14. The van der Waals surface area contributed by atoms with Crippen molar-refractivity contribution in [3.8, 4) is 0 Å². The van der Waals surface area contributed by atoms with Crippen molar-refractivity contribution >= 4 is 17.7 Å². The summed E-state index contributed by atoms with van der Waals surface area (Å²) in [6, 6.07) is 9.17. The summed E-state index contributed by atoms with van der Waals surface area (Å²) >= 11 is 1.31. The highest BCUT2D eigenvalue weighted by Gasteiger charge is 2.38. The van der Waals surface area contributed by atoms with E-state index in [4.69, 9.17) is 10.5 Å². The highest BCUT2D eigenvalue weighted by Crippen LogP contribution is 2.27. The lowest BCUT2D eigenvalue weighted by Gasteiger charge is -2.26. The van der Waals surface area contributed by atoms with E-state index in [0.29, 0.717) is 10.7 Å². The molecule has 0 aliphatic heterocycles. The van der Waals surface area contributed by atoms with Crippen LogP contribution >= 0.6 is 11.8 Å². The molecule has 2 aromatic rings. The predicted octanol–water partition coefficient (Wildman–Crippen LogP) is 0.720. The average molecular weight is 307 g/mol. The number of carbonyl (C=O) groups is 1. The van der Waals surface area contributed by atoms with E-state index in [1.165, 1.54) is 16.4 Å². The lowest BCUT2D eigenvalue weighted by atomic mass is 9.93. The van der Waals surface area contributed by atoms with Gasteiger partial charge in [-0.3, -0.25) is 0 Å². The predicted molar refractivity (Wildman–Crippen MR) is 78.5 cm³/mol. The number of thioether (sulfide) groups is 1. The molecule has 0 saturated carbocycles. The molecule has 112 valence electrons. The number of ether oxygens (including phenoxy) is 1. The first-order chi connectivity index (χ1) is 10.1. The summed E-state index contributed by atoms with van der Waals surface area (Å²) in [7, 11) is 1.73. The molecular weight excluding hydrogens is 290 g/mol. The van der Waals surface area contributed by atoms with Crippen molar-refractivity contribution < 1.29 is 9.53 Å². The third kappa shape index (κ3) is 3.40. The van der Waals surface area contributed by atoms with E-state index >= 15 is 0 Å². The maximum atomic E-state index is 12.3. The van der Waals surface area contributed by atoms with Crippen molar-refractivity contribution in [3.63, 3.8) is 0 Å². The van der Waals surface area contributed by atoms with E-state index in [2.05, 4.69) is 15.5 Å². The molecule has 1 aromatic carbocycles. The van der Waals surface area contributed by atoms with E-state index in [-0.39, 0.29) is 12.4 Å². The van der Waals surface area contributed by atoms with Crippen LogP contribution in [0.4, 0.5) is 0 Å². The number of aromatic nitrogens is 4. The van der Waals surface area contributed by atoms with Crippen LogP contribution in [0.15, 0.2) is 35.5 Å². The Morgan fingerprint density at radius 1 is 1.43 bits per heavy atom. The molecule has 2 N–H and O–H groups in total. The molecule has 8 heteroatoms. The lowest BCUT2D eigenvalue weighted by molar-refractivity contribution is -0.149. The van der Waals surface area contributed by atoms with Crippen molar-refractivity contribution in [2.75, 3.05) is 12.4 Å². The summed E-state index contributed by atoms with van der Waals surface area (Å²) in [4.78, 5) is 12.3. The van der Waals surface area contributed by atoms with Gasteiger partial charge in [0.25, 0.3) is 0 Å². The number of carbonyl (C=O) groups excluding carboxylic acids is 1. The van der Waals surface area contributed by atoms with Crippen LogP contribution in [-0.2, 0) is 22.1 Å². The zero-order valence-electron chi connectivity index (χ0n) is 11.9. The molecule has 2 rings (SSSR count). The maximum absolute atomic E-state index is 12.3. The molecule has 7 nitrogen and oxygen atoms in total. The molecule has 1 atom stereocenters. The Kier molecular flexibility index (Phi) is 4.92. The molecule has 0 fully saturated rings. The minimum Gasteiger partial charge on any atom is -0.464 e. The fraction of sp³-hybridized carbons (Fsp3) is 0.385. The van der Waals surface area contributed by atoms with Crippen molar-refractivity contribution in [1.29, 1.82) is 0 Å². The molecule has 1 unspecified atom stereocenters. The second kappa shape index (κ2) is 6.68. The van der Waals surface area contributed by atoms with Gasteiger partial charge in [0.1, 0.15) is 5.54 Å². The Balaban J connectivity index is 2.24. The summed E-state index contributed by atoms with van der Waals surface area (Å²) < 4.78 is 6.65. The largest absolute Gasteiger partial charge is 0.464 e. The van der Waals surface area contributed by atoms with E-state index in [9.17, 15) is 4.79 Å². The highest BCUT2D eigenvalue weighted by molar-refractivity contribution is 7.99. The van der Waals surface area contributed by atoms with Gasteiger partial charge in [-0.05, 0) is 22.9 Å². The summed E-state index contributed by atoms with van der Waals surface area (Å²) in [6.45, 7) is 2.03. The van der Waals surface area contributed by atoms with Crippen molar-refractivity contribution in [2.24, 2.45) is 12.8 Å². The second-order valence-electron chi connectivity index (χ2n) is 4.43. The number of esters is 1. The molecule has 1 heterocycles. The monoisotopic (exact) mass is 307 g/mol. The average Bonchev–Trinajstić information content (AvgIpc) is 2.91. The molecule has 0 radical (unpaired) electrons. The first-order valence-electron chi connectivity index (χ1n) is 6.44. The topological polar surface area (TPSA) is 95.9 Å². The summed E-state index contributed by atoms with van der Waals surface area (Å²) in [5.41, 5.74) is 5.80. The second-order valence-corrected chi connectivity index (χ2v) is 5.37. The molecule has 1 aromatic heterocycles. The molecule has 0 bridgehead atoms. The fourth-order valence-electron chi connectivity index (χ4n) is 1.78. The van der Waals surface area contributed by atoms with Crippen LogP contribution in [0.2, 0.25) is 0 Å². The van der Waals surface area contributed by atoms with Gasteiger partial charge < -0.3 is 10.5 Å². The van der Waals surface area contributed by atoms with Crippen LogP contribution in [0.3, 0.4) is 0 Å². The van der Waals surface area contributed by atoms with Crippen molar-refractivity contribution in [3.05, 3.63) is 35.9 Å². The van der Waals surface area contributed by atoms with Crippen LogP contribution in [0.1, 0.15) is 12.5 Å². The van der Waals surface area contributed by atoms with E-state index in [1.54, 1.807) is 14.0 Å². The van der Waals surface area contributed by atoms with Crippen LogP contribution in [-0.4, -0.2) is 38.5 Å². The van der Waals surface area contributed by atoms with E-state index < -0.39 is 11.5 Å². The van der Waals surface area contributed by atoms with Gasteiger partial charge in [0, 0.05) is 12.8 Å². The van der Waals surface area contributed by atoms with Gasteiger partial charge in [-0.1, -0.05) is 42.1 Å². The summed E-state index contributed by atoms with van der Waals surface area (Å²) in [6.07, 6.45) is 0. The number of benzene rings is 1. The first-order valence-corrected chi connectivity index (χ1v) is 7.43. The smallest absolute Gasteiger partial charge is 0.331 e. The number of nitrogens with zero attached hydrogens (tertiary/aromatic N) is 4. The Bertz CT molecular complexity index is 604. The van der Waals surface area contributed by atoms with Crippen LogP contribution < -0.4 is 5.73 Å². The standard InChI is InChI=1S/C13H17N5O2S/c1-3-20-11(19)13(14,10-7-5-4-6-8-10)9-21-12-15-16-17-18(12)2/h4-8H,3,9,14H2,1-2H3. The van der Waals surface area contributed by atoms with E-state index in [1.807, 2.05) is 30.3 Å². The number of tetrazole rings is 1. The normalized spacial score (nSPS) is 13.7. The molecule has 0 aliphatic rings. The van der Waals surface area contributed by atoms with Crippen molar-refractivity contribution in [1.82, 2.24) is 20.2 Å². The lowest BCUT2D eigenvalue weighted by Crippen LogP contribution is -2.48. The van der Waals surface area contributed by atoms with Crippen LogP contribution in [0.5, 0.6) is 0 Å². The quantitative estimate of drug-likeness (QED) is 0.620. The third-order valence-electron chi connectivity index (χ3n) is 2.94. The zero-order valence-corrected chi connectivity index (χ0v) is 12.7. The van der Waals surface area contributed by atoms with Gasteiger partial charge in [-0.15, -0.1) is 5.10 Å².